The summed E-state index contributed by atoms with van der Waals surface area (Å²) in [6, 6.07) is 5.12. The second-order valence-electron chi connectivity index (χ2n) is 5.91. The molecule has 1 fully saturated rings. The molecule has 0 saturated heterocycles. The van der Waals surface area contributed by atoms with Crippen LogP contribution in [0.5, 0.6) is 0 Å². The summed E-state index contributed by atoms with van der Waals surface area (Å²) in [5.41, 5.74) is 0.670. The lowest BCUT2D eigenvalue weighted by molar-refractivity contribution is 0.0895. The number of carbonyl (C=O) groups excluding carboxylic acids is 1. The molecule has 3 atom stereocenters. The van der Waals surface area contributed by atoms with Crippen LogP contribution >= 0.6 is 0 Å². The Hall–Kier alpha value is -1.38. The van der Waals surface area contributed by atoms with Gasteiger partial charge in [0.25, 0.3) is 5.91 Å². The molecule has 1 amide bonds. The lowest BCUT2D eigenvalue weighted by Gasteiger charge is -2.33. The Labute approximate surface area is 114 Å². The lowest BCUT2D eigenvalue weighted by Crippen LogP contribution is -2.42. The summed E-state index contributed by atoms with van der Waals surface area (Å²) in [6.45, 7) is 6.08. The zero-order valence-electron chi connectivity index (χ0n) is 11.9. The number of carbonyl (C=O) groups is 1. The van der Waals surface area contributed by atoms with E-state index >= 15 is 0 Å². The number of amides is 1. The molecule has 1 aliphatic rings. The summed E-state index contributed by atoms with van der Waals surface area (Å²) < 4.78 is 13.9. The molecule has 0 radical (unpaired) electrons. The first kappa shape index (κ1) is 14.0. The maximum atomic E-state index is 13.9. The minimum atomic E-state index is -0.406. The summed E-state index contributed by atoms with van der Waals surface area (Å²) in [5, 5.41) is 2.99. The van der Waals surface area contributed by atoms with E-state index in [1.807, 2.05) is 0 Å². The summed E-state index contributed by atoms with van der Waals surface area (Å²) in [7, 11) is 0. The Bertz CT molecular complexity index is 472. The highest BCUT2D eigenvalue weighted by Crippen LogP contribution is 2.28. The molecular formula is C16H22FNO. The van der Waals surface area contributed by atoms with E-state index in [9.17, 15) is 9.18 Å². The van der Waals surface area contributed by atoms with Crippen molar-refractivity contribution in [3.8, 4) is 0 Å². The Morgan fingerprint density at radius 2 is 2.05 bits per heavy atom. The van der Waals surface area contributed by atoms with Gasteiger partial charge in [-0.1, -0.05) is 26.0 Å². The van der Waals surface area contributed by atoms with Crippen molar-refractivity contribution in [2.24, 2.45) is 11.8 Å². The number of halogens is 1. The van der Waals surface area contributed by atoms with Crippen molar-refractivity contribution >= 4 is 5.91 Å². The fraction of sp³-hybridized carbons (Fsp3) is 0.562. The van der Waals surface area contributed by atoms with E-state index in [-0.39, 0.29) is 17.5 Å². The minimum absolute atomic E-state index is 0.158. The fourth-order valence-electron chi connectivity index (χ4n) is 2.95. The van der Waals surface area contributed by atoms with Gasteiger partial charge in [0.05, 0.1) is 5.56 Å². The Morgan fingerprint density at radius 3 is 2.74 bits per heavy atom. The number of rotatable bonds is 2. The molecule has 0 heterocycles. The van der Waals surface area contributed by atoms with Gasteiger partial charge in [0.15, 0.2) is 0 Å². The van der Waals surface area contributed by atoms with Crippen molar-refractivity contribution in [3.05, 3.63) is 35.1 Å². The summed E-state index contributed by atoms with van der Waals surface area (Å²) in [6.07, 6.45) is 3.24. The molecule has 1 aliphatic carbocycles. The third kappa shape index (κ3) is 3.14. The van der Waals surface area contributed by atoms with Gasteiger partial charge in [-0.2, -0.15) is 0 Å². The topological polar surface area (TPSA) is 29.1 Å². The van der Waals surface area contributed by atoms with Crippen LogP contribution in [0.1, 0.15) is 49.0 Å². The van der Waals surface area contributed by atoms with Crippen LogP contribution in [0.2, 0.25) is 0 Å². The molecule has 19 heavy (non-hydrogen) atoms. The molecule has 0 aromatic heterocycles. The molecule has 3 heteroatoms. The van der Waals surface area contributed by atoms with Crippen LogP contribution in [0.25, 0.3) is 0 Å². The largest absolute Gasteiger partial charge is 0.349 e. The van der Waals surface area contributed by atoms with Gasteiger partial charge in [0, 0.05) is 6.04 Å². The van der Waals surface area contributed by atoms with Crippen molar-refractivity contribution in [3.63, 3.8) is 0 Å². The maximum Gasteiger partial charge on any atom is 0.254 e. The lowest BCUT2D eigenvalue weighted by atomic mass is 9.80. The molecule has 1 N–H and O–H groups in total. The predicted molar refractivity (Wildman–Crippen MR) is 74.6 cm³/mol. The zero-order valence-corrected chi connectivity index (χ0v) is 11.9. The van der Waals surface area contributed by atoms with E-state index < -0.39 is 5.82 Å². The normalized spacial score (nSPS) is 27.1. The molecule has 3 unspecified atom stereocenters. The van der Waals surface area contributed by atoms with Gasteiger partial charge in [-0.3, -0.25) is 4.79 Å². The van der Waals surface area contributed by atoms with Crippen molar-refractivity contribution < 1.29 is 9.18 Å². The van der Waals surface area contributed by atoms with Gasteiger partial charge in [-0.15, -0.1) is 0 Å². The summed E-state index contributed by atoms with van der Waals surface area (Å²) >= 11 is 0. The number of hydrogen-bond acceptors (Lipinski definition) is 1. The molecule has 1 aromatic carbocycles. The number of aryl methyl sites for hydroxylation is 1. The average Bonchev–Trinajstić information content (AvgIpc) is 2.36. The summed E-state index contributed by atoms with van der Waals surface area (Å²) in [4.78, 5) is 12.2. The molecule has 1 saturated carbocycles. The quantitative estimate of drug-likeness (QED) is 0.866. The minimum Gasteiger partial charge on any atom is -0.349 e. The predicted octanol–water partition coefficient (Wildman–Crippen LogP) is 3.69. The highest BCUT2D eigenvalue weighted by atomic mass is 19.1. The molecule has 2 rings (SSSR count). The Morgan fingerprint density at radius 1 is 1.32 bits per heavy atom. The third-order valence-electron chi connectivity index (χ3n) is 4.18. The van der Waals surface area contributed by atoms with E-state index in [0.717, 1.165) is 25.2 Å². The molecule has 104 valence electrons. The highest BCUT2D eigenvalue weighted by molar-refractivity contribution is 5.94. The Kier molecular flexibility index (Phi) is 4.23. The zero-order chi connectivity index (χ0) is 14.0. The third-order valence-corrected chi connectivity index (χ3v) is 4.18. The highest BCUT2D eigenvalue weighted by Gasteiger charge is 2.27. The second kappa shape index (κ2) is 5.72. The van der Waals surface area contributed by atoms with Crippen LogP contribution in [0.3, 0.4) is 0 Å². The van der Waals surface area contributed by atoms with Crippen LogP contribution < -0.4 is 5.32 Å². The SMILES string of the molecule is Cc1cccc(C(=O)NC2CCC(C)CC2C)c1F. The average molecular weight is 263 g/mol. The van der Waals surface area contributed by atoms with Gasteiger partial charge in [-0.25, -0.2) is 4.39 Å². The van der Waals surface area contributed by atoms with Crippen molar-refractivity contribution in [1.29, 1.82) is 0 Å². The maximum absolute atomic E-state index is 13.9. The van der Waals surface area contributed by atoms with E-state index in [2.05, 4.69) is 19.2 Å². The van der Waals surface area contributed by atoms with Gasteiger partial charge >= 0.3 is 0 Å². The molecule has 0 spiro atoms. The van der Waals surface area contributed by atoms with E-state index in [0.29, 0.717) is 11.5 Å². The van der Waals surface area contributed by atoms with Gasteiger partial charge < -0.3 is 5.32 Å². The first-order valence-electron chi connectivity index (χ1n) is 7.05. The van der Waals surface area contributed by atoms with E-state index in [1.165, 1.54) is 0 Å². The van der Waals surface area contributed by atoms with Crippen molar-refractivity contribution in [1.82, 2.24) is 5.32 Å². The second-order valence-corrected chi connectivity index (χ2v) is 5.91. The Balaban J connectivity index is 2.07. The van der Waals surface area contributed by atoms with Crippen LogP contribution in [0.4, 0.5) is 4.39 Å². The van der Waals surface area contributed by atoms with Crippen LogP contribution in [-0.4, -0.2) is 11.9 Å². The molecular weight excluding hydrogens is 241 g/mol. The molecule has 2 nitrogen and oxygen atoms in total. The number of hydrogen-bond donors (Lipinski definition) is 1. The fourth-order valence-corrected chi connectivity index (χ4v) is 2.95. The molecule has 0 bridgehead atoms. The smallest absolute Gasteiger partial charge is 0.254 e. The van der Waals surface area contributed by atoms with Gasteiger partial charge in [0.1, 0.15) is 5.82 Å². The van der Waals surface area contributed by atoms with E-state index in [4.69, 9.17) is 0 Å². The molecule has 1 aromatic rings. The van der Waals surface area contributed by atoms with E-state index in [1.54, 1.807) is 25.1 Å². The van der Waals surface area contributed by atoms with Gasteiger partial charge in [0.2, 0.25) is 0 Å². The van der Waals surface area contributed by atoms with Gasteiger partial charge in [-0.05, 0) is 49.7 Å². The first-order chi connectivity index (χ1) is 8.99. The standard InChI is InChI=1S/C16H22FNO/c1-10-7-8-14(12(3)9-10)18-16(19)13-6-4-5-11(2)15(13)17/h4-6,10,12,14H,7-9H2,1-3H3,(H,18,19). The van der Waals surface area contributed by atoms with Crippen molar-refractivity contribution in [2.45, 2.75) is 46.1 Å². The molecule has 0 aliphatic heterocycles. The first-order valence-corrected chi connectivity index (χ1v) is 7.05. The van der Waals surface area contributed by atoms with Crippen LogP contribution in [0, 0.1) is 24.6 Å². The number of nitrogens with one attached hydrogen (secondary N) is 1. The van der Waals surface area contributed by atoms with Crippen LogP contribution in [0.15, 0.2) is 18.2 Å². The van der Waals surface area contributed by atoms with Crippen molar-refractivity contribution in [2.75, 3.05) is 0 Å². The number of benzene rings is 1. The monoisotopic (exact) mass is 263 g/mol. The van der Waals surface area contributed by atoms with Crippen LogP contribution in [-0.2, 0) is 0 Å². The summed E-state index contributed by atoms with van der Waals surface area (Å²) in [5.74, 6) is 0.490.